The average molecular weight is 230 g/mol. The molecule has 0 atom stereocenters. The Kier molecular flexibility index (Phi) is 3.25. The van der Waals surface area contributed by atoms with Gasteiger partial charge in [0.05, 0.1) is 6.61 Å². The van der Waals surface area contributed by atoms with Crippen molar-refractivity contribution in [3.63, 3.8) is 0 Å². The molecule has 2 rings (SSSR count). The summed E-state index contributed by atoms with van der Waals surface area (Å²) in [5.74, 6) is -0.255. The molecule has 0 amide bonds. The molecule has 1 nitrogen and oxygen atoms in total. The van der Waals surface area contributed by atoms with Gasteiger partial charge < -0.3 is 5.11 Å². The third-order valence-corrected chi connectivity index (χ3v) is 2.89. The van der Waals surface area contributed by atoms with Crippen molar-refractivity contribution in [1.82, 2.24) is 0 Å². The quantitative estimate of drug-likeness (QED) is 0.835. The molecule has 2 aromatic carbocycles. The summed E-state index contributed by atoms with van der Waals surface area (Å²) in [6, 6.07) is 10.6. The predicted molar refractivity (Wildman–Crippen MR) is 67.2 cm³/mol. The molecule has 0 unspecified atom stereocenters. The second kappa shape index (κ2) is 4.68. The first kappa shape index (κ1) is 11.8. The van der Waals surface area contributed by atoms with Crippen LogP contribution in [0.2, 0.25) is 0 Å². The van der Waals surface area contributed by atoms with E-state index in [2.05, 4.69) is 0 Å². The van der Waals surface area contributed by atoms with E-state index in [4.69, 9.17) is 5.11 Å². The van der Waals surface area contributed by atoms with Crippen molar-refractivity contribution in [1.29, 1.82) is 0 Å². The lowest BCUT2D eigenvalue weighted by Crippen LogP contribution is -1.92. The van der Waals surface area contributed by atoms with Crippen molar-refractivity contribution < 1.29 is 9.50 Å². The van der Waals surface area contributed by atoms with Crippen LogP contribution in [0.25, 0.3) is 11.1 Å². The molecular weight excluding hydrogens is 215 g/mol. The van der Waals surface area contributed by atoms with Gasteiger partial charge in [0.2, 0.25) is 0 Å². The number of hydrogen-bond donors (Lipinski definition) is 1. The Balaban J connectivity index is 2.59. The number of benzene rings is 2. The Morgan fingerprint density at radius 1 is 1.00 bits per heavy atom. The molecular formula is C15H15FO. The van der Waals surface area contributed by atoms with Gasteiger partial charge in [-0.25, -0.2) is 4.39 Å². The minimum atomic E-state index is -0.255. The molecule has 88 valence electrons. The molecule has 0 bridgehead atoms. The maximum Gasteiger partial charge on any atom is 0.131 e. The summed E-state index contributed by atoms with van der Waals surface area (Å²) in [5, 5.41) is 9.09. The lowest BCUT2D eigenvalue weighted by atomic mass is 9.97. The molecule has 0 spiro atoms. The molecule has 0 radical (unpaired) electrons. The number of rotatable bonds is 2. The van der Waals surface area contributed by atoms with E-state index < -0.39 is 0 Å². The van der Waals surface area contributed by atoms with Crippen LogP contribution in [-0.4, -0.2) is 5.11 Å². The van der Waals surface area contributed by atoms with Crippen molar-refractivity contribution in [2.24, 2.45) is 0 Å². The molecule has 0 aliphatic rings. The van der Waals surface area contributed by atoms with Crippen LogP contribution in [0.3, 0.4) is 0 Å². The van der Waals surface area contributed by atoms with Gasteiger partial charge in [-0.2, -0.15) is 0 Å². The molecule has 0 aliphatic heterocycles. The van der Waals surface area contributed by atoms with Gasteiger partial charge >= 0.3 is 0 Å². The van der Waals surface area contributed by atoms with E-state index >= 15 is 0 Å². The van der Waals surface area contributed by atoms with E-state index in [1.165, 1.54) is 6.07 Å². The molecule has 0 saturated heterocycles. The number of aliphatic hydroxyl groups is 1. The number of hydrogen-bond acceptors (Lipinski definition) is 1. The van der Waals surface area contributed by atoms with Crippen molar-refractivity contribution >= 4 is 0 Å². The van der Waals surface area contributed by atoms with Gasteiger partial charge in [-0.05, 0) is 42.7 Å². The monoisotopic (exact) mass is 230 g/mol. The Morgan fingerprint density at radius 3 is 2.41 bits per heavy atom. The standard InChI is InChI=1S/C15H15FO/c1-10-3-5-13(11(2)7-10)14-8-12(9-17)4-6-15(14)16/h3-8,17H,9H2,1-2H3. The summed E-state index contributed by atoms with van der Waals surface area (Å²) in [6.45, 7) is 3.91. The molecule has 1 N–H and O–H groups in total. The van der Waals surface area contributed by atoms with Gasteiger partial charge in [-0.3, -0.25) is 0 Å². The van der Waals surface area contributed by atoms with Crippen LogP contribution in [0.1, 0.15) is 16.7 Å². The lowest BCUT2D eigenvalue weighted by Gasteiger charge is -2.09. The highest BCUT2D eigenvalue weighted by atomic mass is 19.1. The van der Waals surface area contributed by atoms with Crippen LogP contribution in [-0.2, 0) is 6.61 Å². The second-order valence-corrected chi connectivity index (χ2v) is 4.29. The number of aliphatic hydroxyl groups excluding tert-OH is 1. The molecule has 2 aromatic rings. The van der Waals surface area contributed by atoms with Gasteiger partial charge in [0.1, 0.15) is 5.82 Å². The highest BCUT2D eigenvalue weighted by Gasteiger charge is 2.08. The van der Waals surface area contributed by atoms with E-state index in [1.807, 2.05) is 32.0 Å². The summed E-state index contributed by atoms with van der Waals surface area (Å²) < 4.78 is 13.8. The van der Waals surface area contributed by atoms with Crippen molar-refractivity contribution in [3.8, 4) is 11.1 Å². The fourth-order valence-electron chi connectivity index (χ4n) is 1.99. The fraction of sp³-hybridized carbons (Fsp3) is 0.200. The molecule has 0 aromatic heterocycles. The SMILES string of the molecule is Cc1ccc(-c2cc(CO)ccc2F)c(C)c1. The smallest absolute Gasteiger partial charge is 0.131 e. The van der Waals surface area contributed by atoms with Gasteiger partial charge in [0.15, 0.2) is 0 Å². The van der Waals surface area contributed by atoms with Gasteiger partial charge in [-0.1, -0.05) is 29.8 Å². The largest absolute Gasteiger partial charge is 0.392 e. The van der Waals surface area contributed by atoms with Crippen LogP contribution in [0.5, 0.6) is 0 Å². The fourth-order valence-corrected chi connectivity index (χ4v) is 1.99. The predicted octanol–water partition coefficient (Wildman–Crippen LogP) is 3.60. The zero-order chi connectivity index (χ0) is 12.4. The van der Waals surface area contributed by atoms with Crippen molar-refractivity contribution in [3.05, 3.63) is 58.9 Å². The Labute approximate surface area is 101 Å². The third kappa shape index (κ3) is 2.37. The number of halogens is 1. The van der Waals surface area contributed by atoms with E-state index in [0.29, 0.717) is 5.56 Å². The summed E-state index contributed by atoms with van der Waals surface area (Å²) in [7, 11) is 0. The van der Waals surface area contributed by atoms with Gasteiger partial charge in [0, 0.05) is 5.56 Å². The minimum Gasteiger partial charge on any atom is -0.392 e. The summed E-state index contributed by atoms with van der Waals surface area (Å²) >= 11 is 0. The highest BCUT2D eigenvalue weighted by molar-refractivity contribution is 5.68. The second-order valence-electron chi connectivity index (χ2n) is 4.29. The average Bonchev–Trinajstić information content (AvgIpc) is 2.30. The first-order valence-electron chi connectivity index (χ1n) is 5.58. The molecule has 17 heavy (non-hydrogen) atoms. The maximum absolute atomic E-state index is 13.8. The first-order chi connectivity index (χ1) is 8.11. The van der Waals surface area contributed by atoms with Crippen LogP contribution in [0.4, 0.5) is 4.39 Å². The Bertz CT molecular complexity index is 547. The van der Waals surface area contributed by atoms with Crippen LogP contribution >= 0.6 is 0 Å². The normalized spacial score (nSPS) is 10.6. The Hall–Kier alpha value is -1.67. The summed E-state index contributed by atoms with van der Waals surface area (Å²) in [4.78, 5) is 0. The minimum absolute atomic E-state index is 0.0712. The highest BCUT2D eigenvalue weighted by Crippen LogP contribution is 2.27. The third-order valence-electron chi connectivity index (χ3n) is 2.89. The van der Waals surface area contributed by atoms with Crippen molar-refractivity contribution in [2.45, 2.75) is 20.5 Å². The molecule has 0 saturated carbocycles. The molecule has 0 aliphatic carbocycles. The van der Waals surface area contributed by atoms with Crippen molar-refractivity contribution in [2.75, 3.05) is 0 Å². The van der Waals surface area contributed by atoms with E-state index in [9.17, 15) is 4.39 Å². The summed E-state index contributed by atoms with van der Waals surface area (Å²) in [5.41, 5.74) is 4.35. The maximum atomic E-state index is 13.8. The van der Waals surface area contributed by atoms with E-state index in [1.54, 1.807) is 12.1 Å². The molecule has 0 heterocycles. The zero-order valence-corrected chi connectivity index (χ0v) is 10.00. The molecule has 2 heteroatoms. The lowest BCUT2D eigenvalue weighted by molar-refractivity contribution is 0.282. The van der Waals surface area contributed by atoms with Crippen LogP contribution in [0, 0.1) is 19.7 Å². The van der Waals surface area contributed by atoms with Gasteiger partial charge in [-0.15, -0.1) is 0 Å². The van der Waals surface area contributed by atoms with E-state index in [-0.39, 0.29) is 12.4 Å². The summed E-state index contributed by atoms with van der Waals surface area (Å²) in [6.07, 6.45) is 0. The van der Waals surface area contributed by atoms with Crippen LogP contribution in [0.15, 0.2) is 36.4 Å². The topological polar surface area (TPSA) is 20.2 Å². The zero-order valence-electron chi connectivity index (χ0n) is 10.00. The Morgan fingerprint density at radius 2 is 1.76 bits per heavy atom. The first-order valence-corrected chi connectivity index (χ1v) is 5.58. The van der Waals surface area contributed by atoms with Gasteiger partial charge in [0.25, 0.3) is 0 Å². The van der Waals surface area contributed by atoms with E-state index in [0.717, 1.165) is 22.3 Å². The molecule has 0 fully saturated rings. The van der Waals surface area contributed by atoms with Crippen LogP contribution < -0.4 is 0 Å². The number of aryl methyl sites for hydroxylation is 2.